The van der Waals surface area contributed by atoms with Crippen LogP contribution >= 0.6 is 28.3 Å². The maximum atomic E-state index is 12.3. The minimum atomic E-state index is -0.0142. The molecule has 24 heavy (non-hydrogen) atoms. The van der Waals surface area contributed by atoms with Crippen molar-refractivity contribution in [2.24, 2.45) is 11.7 Å². The molecule has 0 radical (unpaired) electrons. The normalized spacial score (nSPS) is 14.5. The Hall–Kier alpha value is -0.980. The maximum Gasteiger partial charge on any atom is 0.224 e. The number of ether oxygens (including phenoxy) is 2. The summed E-state index contributed by atoms with van der Waals surface area (Å²) < 4.78 is 12.0. The van der Waals surface area contributed by atoms with Gasteiger partial charge in [0, 0.05) is 17.1 Å². The van der Waals surface area contributed by atoms with Crippen molar-refractivity contribution in [1.82, 2.24) is 5.32 Å². The van der Waals surface area contributed by atoms with Crippen LogP contribution in [0, 0.1) is 5.92 Å². The number of amides is 1. The molecule has 1 atom stereocenters. The first-order valence-electron chi connectivity index (χ1n) is 8.16. The molecular weight excluding hydrogens is 396 g/mol. The Bertz CT molecular complexity index is 553. The van der Waals surface area contributed by atoms with Gasteiger partial charge in [-0.1, -0.05) is 15.9 Å². The van der Waals surface area contributed by atoms with Crippen LogP contribution in [-0.2, 0) is 11.2 Å². The Morgan fingerprint density at radius 1 is 1.29 bits per heavy atom. The summed E-state index contributed by atoms with van der Waals surface area (Å²) in [6, 6.07) is 3.82. The number of rotatable bonds is 9. The Labute approximate surface area is 158 Å². The van der Waals surface area contributed by atoms with Gasteiger partial charge in [0.1, 0.15) is 0 Å². The number of hydrogen-bond donors (Lipinski definition) is 2. The second kappa shape index (κ2) is 10.1. The minimum Gasteiger partial charge on any atom is -0.490 e. The second-order valence-electron chi connectivity index (χ2n) is 5.68. The summed E-state index contributed by atoms with van der Waals surface area (Å²) in [6.07, 6.45) is 2.60. The molecular formula is C17H26BrClN2O3. The molecule has 136 valence electrons. The maximum absolute atomic E-state index is 12.3. The molecule has 0 aliphatic heterocycles. The van der Waals surface area contributed by atoms with Crippen molar-refractivity contribution in [2.45, 2.75) is 39.2 Å². The Kier molecular flexibility index (Phi) is 8.87. The zero-order valence-electron chi connectivity index (χ0n) is 14.1. The fourth-order valence-corrected chi connectivity index (χ4v) is 3.01. The molecule has 0 heterocycles. The predicted octanol–water partition coefficient (Wildman–Crippen LogP) is 3.06. The molecule has 0 saturated heterocycles. The third-order valence-electron chi connectivity index (χ3n) is 3.85. The molecule has 1 aliphatic carbocycles. The lowest BCUT2D eigenvalue weighted by atomic mass is 10.1. The molecule has 0 aromatic heterocycles. The number of carbonyl (C=O) groups excluding carboxylic acids is 1. The summed E-state index contributed by atoms with van der Waals surface area (Å²) in [5, 5.41) is 3.04. The van der Waals surface area contributed by atoms with Gasteiger partial charge in [0.15, 0.2) is 11.5 Å². The van der Waals surface area contributed by atoms with Crippen LogP contribution < -0.4 is 20.5 Å². The fraction of sp³-hybridized carbons (Fsp3) is 0.588. The highest BCUT2D eigenvalue weighted by molar-refractivity contribution is 9.10. The third-order valence-corrected chi connectivity index (χ3v) is 4.59. The van der Waals surface area contributed by atoms with Crippen molar-refractivity contribution in [2.75, 3.05) is 19.8 Å². The fourth-order valence-electron chi connectivity index (χ4n) is 2.55. The molecule has 0 bridgehead atoms. The van der Waals surface area contributed by atoms with Crippen molar-refractivity contribution in [3.8, 4) is 11.5 Å². The second-order valence-corrected chi connectivity index (χ2v) is 6.53. The van der Waals surface area contributed by atoms with E-state index in [0.717, 1.165) is 22.9 Å². The third kappa shape index (κ3) is 5.83. The van der Waals surface area contributed by atoms with E-state index in [1.165, 1.54) is 0 Å². The van der Waals surface area contributed by atoms with E-state index in [1.54, 1.807) is 0 Å². The average Bonchev–Trinajstić information content (AvgIpc) is 3.34. The highest BCUT2D eigenvalue weighted by atomic mass is 79.9. The Morgan fingerprint density at radius 3 is 2.38 bits per heavy atom. The highest BCUT2D eigenvalue weighted by Crippen LogP contribution is 2.35. The van der Waals surface area contributed by atoms with Crippen molar-refractivity contribution < 1.29 is 14.3 Å². The first-order valence-corrected chi connectivity index (χ1v) is 8.95. The molecule has 1 aromatic rings. The predicted molar refractivity (Wildman–Crippen MR) is 101 cm³/mol. The largest absolute Gasteiger partial charge is 0.490 e. The SMILES string of the molecule is CCOc1cc(Br)c(CC(=O)NC(CN)C2CC2)cc1OCC.Cl. The van der Waals surface area contributed by atoms with E-state index in [2.05, 4.69) is 21.2 Å². The van der Waals surface area contributed by atoms with Gasteiger partial charge in [0.2, 0.25) is 5.91 Å². The standard InChI is InChI=1S/C17H25BrN2O3.ClH/c1-3-22-15-7-12(13(18)9-16(15)23-4-2)8-17(21)20-14(10-19)11-5-6-11;/h7,9,11,14H,3-6,8,10,19H2,1-2H3,(H,20,21);1H. The number of benzene rings is 1. The van der Waals surface area contributed by atoms with Crippen molar-refractivity contribution in [3.05, 3.63) is 22.2 Å². The van der Waals surface area contributed by atoms with Crippen LogP contribution in [0.3, 0.4) is 0 Å². The van der Waals surface area contributed by atoms with E-state index in [1.807, 2.05) is 26.0 Å². The summed E-state index contributed by atoms with van der Waals surface area (Å²) in [6.45, 7) is 5.45. The van der Waals surface area contributed by atoms with Crippen LogP contribution in [0.15, 0.2) is 16.6 Å². The topological polar surface area (TPSA) is 73.6 Å². The molecule has 1 aromatic carbocycles. The van der Waals surface area contributed by atoms with E-state index in [-0.39, 0.29) is 30.8 Å². The smallest absolute Gasteiger partial charge is 0.224 e. The van der Waals surface area contributed by atoms with Crippen LogP contribution in [0.25, 0.3) is 0 Å². The number of hydrogen-bond acceptors (Lipinski definition) is 4. The van der Waals surface area contributed by atoms with Gasteiger partial charge in [0.25, 0.3) is 0 Å². The lowest BCUT2D eigenvalue weighted by Gasteiger charge is -2.17. The van der Waals surface area contributed by atoms with E-state index >= 15 is 0 Å². The molecule has 1 unspecified atom stereocenters. The lowest BCUT2D eigenvalue weighted by Crippen LogP contribution is -2.42. The highest BCUT2D eigenvalue weighted by Gasteiger charge is 2.31. The summed E-state index contributed by atoms with van der Waals surface area (Å²) in [5.41, 5.74) is 6.62. The summed E-state index contributed by atoms with van der Waals surface area (Å²) in [7, 11) is 0. The molecule has 1 fully saturated rings. The quantitative estimate of drug-likeness (QED) is 0.643. The van der Waals surface area contributed by atoms with Crippen molar-refractivity contribution >= 4 is 34.2 Å². The first kappa shape index (κ1) is 21.1. The summed E-state index contributed by atoms with van der Waals surface area (Å²) >= 11 is 3.52. The van der Waals surface area contributed by atoms with Gasteiger partial charge in [0.05, 0.1) is 19.6 Å². The van der Waals surface area contributed by atoms with E-state index in [9.17, 15) is 4.79 Å². The number of nitrogens with two attached hydrogens (primary N) is 1. The molecule has 5 nitrogen and oxygen atoms in total. The Morgan fingerprint density at radius 2 is 1.88 bits per heavy atom. The Balaban J connectivity index is 0.00000288. The number of halogens is 2. The van der Waals surface area contributed by atoms with Gasteiger partial charge in [-0.3, -0.25) is 4.79 Å². The van der Waals surface area contributed by atoms with E-state index in [4.69, 9.17) is 15.2 Å². The van der Waals surface area contributed by atoms with Gasteiger partial charge < -0.3 is 20.5 Å². The molecule has 0 spiro atoms. The summed E-state index contributed by atoms with van der Waals surface area (Å²) in [5.74, 6) is 1.88. The van der Waals surface area contributed by atoms with Gasteiger partial charge in [-0.2, -0.15) is 0 Å². The first-order chi connectivity index (χ1) is 11.1. The van der Waals surface area contributed by atoms with Crippen molar-refractivity contribution in [1.29, 1.82) is 0 Å². The van der Waals surface area contributed by atoms with Crippen LogP contribution in [0.2, 0.25) is 0 Å². The molecule has 3 N–H and O–H groups in total. The van der Waals surface area contributed by atoms with Crippen LogP contribution in [0.1, 0.15) is 32.3 Å². The molecule has 7 heteroatoms. The number of carbonyl (C=O) groups is 1. The van der Waals surface area contributed by atoms with Crippen LogP contribution in [-0.4, -0.2) is 31.7 Å². The van der Waals surface area contributed by atoms with Gasteiger partial charge >= 0.3 is 0 Å². The number of nitrogens with one attached hydrogen (secondary N) is 1. The van der Waals surface area contributed by atoms with E-state index in [0.29, 0.717) is 37.2 Å². The van der Waals surface area contributed by atoms with Crippen LogP contribution in [0.5, 0.6) is 11.5 Å². The molecule has 1 saturated carbocycles. The molecule has 1 amide bonds. The van der Waals surface area contributed by atoms with E-state index < -0.39 is 0 Å². The lowest BCUT2D eigenvalue weighted by molar-refractivity contribution is -0.121. The van der Waals surface area contributed by atoms with Gasteiger partial charge in [-0.15, -0.1) is 12.4 Å². The van der Waals surface area contributed by atoms with Crippen molar-refractivity contribution in [3.63, 3.8) is 0 Å². The zero-order valence-corrected chi connectivity index (χ0v) is 16.5. The van der Waals surface area contributed by atoms with Crippen LogP contribution in [0.4, 0.5) is 0 Å². The molecule has 1 aliphatic rings. The average molecular weight is 422 g/mol. The van der Waals surface area contributed by atoms with Gasteiger partial charge in [-0.05, 0) is 50.3 Å². The monoisotopic (exact) mass is 420 g/mol. The summed E-state index contributed by atoms with van der Waals surface area (Å²) in [4.78, 5) is 12.3. The van der Waals surface area contributed by atoms with Gasteiger partial charge in [-0.25, -0.2) is 0 Å². The minimum absolute atomic E-state index is 0. The molecule has 2 rings (SSSR count). The zero-order chi connectivity index (χ0) is 16.8.